The van der Waals surface area contributed by atoms with Crippen molar-refractivity contribution in [2.75, 3.05) is 22.2 Å². The second kappa shape index (κ2) is 8.90. The van der Waals surface area contributed by atoms with Crippen LogP contribution in [0.15, 0.2) is 41.5 Å². The van der Waals surface area contributed by atoms with Crippen LogP contribution in [0.3, 0.4) is 0 Å². The van der Waals surface area contributed by atoms with E-state index in [0.717, 1.165) is 28.9 Å². The van der Waals surface area contributed by atoms with Gasteiger partial charge in [-0.1, -0.05) is 23.9 Å². The molecule has 2 aromatic rings. The van der Waals surface area contributed by atoms with Crippen molar-refractivity contribution in [3.05, 3.63) is 58.7 Å². The topological polar surface area (TPSA) is 149 Å². The summed E-state index contributed by atoms with van der Waals surface area (Å²) in [5.41, 5.74) is 3.74. The number of hydrogen-bond donors (Lipinski definition) is 3. The summed E-state index contributed by atoms with van der Waals surface area (Å²) < 4.78 is 0. The van der Waals surface area contributed by atoms with Crippen LogP contribution in [0.25, 0.3) is 0 Å². The van der Waals surface area contributed by atoms with E-state index >= 15 is 0 Å². The normalized spacial score (nSPS) is 15.2. The fourth-order valence-electron chi connectivity index (χ4n) is 3.80. The van der Waals surface area contributed by atoms with E-state index in [4.69, 9.17) is 16.8 Å². The Morgan fingerprint density at radius 3 is 2.72 bits per heavy atom. The first-order chi connectivity index (χ1) is 15.4. The number of fused-ring (bicyclic) bond motifs is 1. The number of carboxylic acids is 1. The molecule has 0 atom stereocenters. The highest BCUT2D eigenvalue weighted by atomic mass is 32.2. The molecule has 2 aromatic carbocycles. The van der Waals surface area contributed by atoms with Crippen LogP contribution >= 0.6 is 11.8 Å². The molecule has 1 heterocycles. The summed E-state index contributed by atoms with van der Waals surface area (Å²) in [7, 11) is 0. The summed E-state index contributed by atoms with van der Waals surface area (Å²) in [6.07, 6.45) is 3.30. The van der Waals surface area contributed by atoms with Crippen LogP contribution in [-0.2, 0) is 11.2 Å². The van der Waals surface area contributed by atoms with Gasteiger partial charge < -0.3 is 15.8 Å². The van der Waals surface area contributed by atoms with Crippen molar-refractivity contribution in [2.45, 2.75) is 25.2 Å². The Balaban J connectivity index is 1.44. The Bertz CT molecular complexity index is 1150. The lowest BCUT2D eigenvalue weighted by Gasteiger charge is -2.22. The maximum absolute atomic E-state index is 12.9. The van der Waals surface area contributed by atoms with Crippen LogP contribution in [0.5, 0.6) is 0 Å². The van der Waals surface area contributed by atoms with Crippen molar-refractivity contribution in [2.24, 2.45) is 16.8 Å². The van der Waals surface area contributed by atoms with Gasteiger partial charge in [0.25, 0.3) is 0 Å². The molecule has 1 amide bonds. The Labute approximate surface area is 189 Å². The molecule has 0 radical (unpaired) electrons. The molecule has 10 heteroatoms. The molecule has 2 aliphatic rings. The van der Waals surface area contributed by atoms with Crippen molar-refractivity contribution < 1.29 is 14.7 Å². The van der Waals surface area contributed by atoms with Crippen molar-refractivity contribution >= 4 is 40.2 Å². The number of nitriles is 1. The third kappa shape index (κ3) is 4.26. The number of hydrazine groups is 1. The molecule has 1 aliphatic carbocycles. The van der Waals surface area contributed by atoms with Gasteiger partial charge in [-0.3, -0.25) is 9.80 Å². The van der Waals surface area contributed by atoms with Crippen LogP contribution < -0.4 is 21.6 Å². The first kappa shape index (κ1) is 21.7. The van der Waals surface area contributed by atoms with E-state index in [-0.39, 0.29) is 33.6 Å². The minimum absolute atomic E-state index is 0.0368. The number of rotatable bonds is 5. The largest absolute Gasteiger partial charge is 0.478 e. The number of thioether (sulfide) groups is 1. The Kier molecular flexibility index (Phi) is 6.03. The highest BCUT2D eigenvalue weighted by Crippen LogP contribution is 2.42. The van der Waals surface area contributed by atoms with Crippen LogP contribution in [0.2, 0.25) is 0 Å². The number of aromatic carboxylic acids is 1. The summed E-state index contributed by atoms with van der Waals surface area (Å²) in [4.78, 5) is 25.8. The van der Waals surface area contributed by atoms with Crippen LogP contribution in [0, 0.1) is 11.3 Å². The number of carbonyl (C=O) groups excluding carboxylic acids is 1. The molecule has 0 unspecified atom stereocenters. The molecule has 9 nitrogen and oxygen atoms in total. The highest BCUT2D eigenvalue weighted by Gasteiger charge is 2.29. The van der Waals surface area contributed by atoms with Crippen LogP contribution in [-0.4, -0.2) is 34.4 Å². The quantitative estimate of drug-likeness (QED) is 0.272. The zero-order valence-electron chi connectivity index (χ0n) is 17.2. The van der Waals surface area contributed by atoms with E-state index in [9.17, 15) is 14.9 Å². The van der Waals surface area contributed by atoms with E-state index in [2.05, 4.69) is 17.2 Å². The van der Waals surface area contributed by atoms with E-state index in [0.29, 0.717) is 12.5 Å². The molecule has 1 aliphatic heterocycles. The van der Waals surface area contributed by atoms with Gasteiger partial charge >= 0.3 is 5.97 Å². The molecule has 0 bridgehead atoms. The highest BCUT2D eigenvalue weighted by molar-refractivity contribution is 8.14. The summed E-state index contributed by atoms with van der Waals surface area (Å²) in [6.45, 7) is 0.625. The fraction of sp³-hybridized carbons (Fsp3) is 0.273. The molecule has 0 saturated heterocycles. The number of nitrogens with zero attached hydrogens (tertiary/aromatic N) is 4. The molecule has 0 aromatic heterocycles. The third-order valence-electron chi connectivity index (χ3n) is 5.61. The van der Waals surface area contributed by atoms with Gasteiger partial charge in [0.15, 0.2) is 0 Å². The molecule has 32 heavy (non-hydrogen) atoms. The smallest absolute Gasteiger partial charge is 0.335 e. The maximum atomic E-state index is 12.9. The number of amidine groups is 1. The summed E-state index contributed by atoms with van der Waals surface area (Å²) in [5.74, 6) is 11.1. The number of nitrogens with two attached hydrogens (primary N) is 2. The van der Waals surface area contributed by atoms with Gasteiger partial charge in [0.2, 0.25) is 11.1 Å². The zero-order valence-corrected chi connectivity index (χ0v) is 18.0. The fourth-order valence-corrected chi connectivity index (χ4v) is 4.52. The Morgan fingerprint density at radius 2 is 2.06 bits per heavy atom. The Morgan fingerprint density at radius 1 is 1.28 bits per heavy atom. The van der Waals surface area contributed by atoms with Gasteiger partial charge in [0.05, 0.1) is 22.6 Å². The number of amides is 1. The second-order valence-electron chi connectivity index (χ2n) is 7.68. The van der Waals surface area contributed by atoms with Gasteiger partial charge in [-0.05, 0) is 60.6 Å². The number of hydrogen-bond acceptors (Lipinski definition) is 7. The van der Waals surface area contributed by atoms with Gasteiger partial charge in [0, 0.05) is 12.2 Å². The lowest BCUT2D eigenvalue weighted by atomic mass is 10.1. The van der Waals surface area contributed by atoms with Crippen molar-refractivity contribution in [1.82, 2.24) is 0 Å². The Hall–Kier alpha value is -3.55. The molecule has 4 rings (SSSR count). The number of carbonyl (C=O) groups is 2. The van der Waals surface area contributed by atoms with Gasteiger partial charge in [0.1, 0.15) is 6.07 Å². The van der Waals surface area contributed by atoms with Crippen molar-refractivity contribution in [3.63, 3.8) is 0 Å². The molecule has 0 spiro atoms. The monoisotopic (exact) mass is 450 g/mol. The van der Waals surface area contributed by atoms with E-state index < -0.39 is 5.97 Å². The summed E-state index contributed by atoms with van der Waals surface area (Å²) in [6, 6.07) is 12.2. The van der Waals surface area contributed by atoms with E-state index in [1.165, 1.54) is 42.2 Å². The average molecular weight is 451 g/mol. The maximum Gasteiger partial charge on any atom is 0.335 e. The lowest BCUT2D eigenvalue weighted by molar-refractivity contribution is -0.116. The first-order valence-electron chi connectivity index (χ1n) is 10.1. The van der Waals surface area contributed by atoms with Gasteiger partial charge in [-0.25, -0.2) is 10.6 Å². The molecule has 1 fully saturated rings. The molecular formula is C22H22N6O3S. The number of hydrazone groups is 1. The van der Waals surface area contributed by atoms with Crippen LogP contribution in [0.4, 0.5) is 11.4 Å². The van der Waals surface area contributed by atoms with Crippen molar-refractivity contribution in [1.29, 1.82) is 5.26 Å². The number of carboxylic acid groups (broad SMARTS) is 1. The summed E-state index contributed by atoms with van der Waals surface area (Å²) in [5, 5.41) is 23.4. The molecular weight excluding hydrogens is 428 g/mol. The van der Waals surface area contributed by atoms with Crippen molar-refractivity contribution in [3.8, 4) is 6.07 Å². The first-order valence-corrected chi connectivity index (χ1v) is 11.1. The number of benzene rings is 2. The average Bonchev–Trinajstić information content (AvgIpc) is 3.57. The third-order valence-corrected chi connectivity index (χ3v) is 6.57. The molecule has 5 N–H and O–H groups in total. The minimum Gasteiger partial charge on any atom is -0.478 e. The lowest BCUT2D eigenvalue weighted by Crippen LogP contribution is -2.38. The van der Waals surface area contributed by atoms with Gasteiger partial charge in [-0.15, -0.1) is 0 Å². The molecule has 164 valence electrons. The molecule has 1 saturated carbocycles. The zero-order chi connectivity index (χ0) is 22.8. The van der Waals surface area contributed by atoms with Crippen LogP contribution in [0.1, 0.15) is 45.8 Å². The predicted octanol–water partition coefficient (Wildman–Crippen LogP) is 2.37. The predicted molar refractivity (Wildman–Crippen MR) is 123 cm³/mol. The SMILES string of the molecule is N#Cc1cc(C(=O)O)ccc1N(N)/C(=N\N)SCC(=O)N1CCc2cc(C3CC3)ccc21. The second-order valence-corrected chi connectivity index (χ2v) is 8.62. The van der Waals surface area contributed by atoms with Gasteiger partial charge in [-0.2, -0.15) is 10.4 Å². The standard InChI is InChI=1S/C22H22N6O3S/c23-11-17-10-16(21(30)31)4-6-19(17)28(25)22(26-24)32-12-20(29)27-8-7-15-9-14(13-1-2-13)3-5-18(15)27/h3-6,9-10,13H,1-2,7-8,12,24-25H2,(H,30,31)/b26-22+. The van der Waals surface area contributed by atoms with E-state index in [1.54, 1.807) is 4.90 Å². The minimum atomic E-state index is -1.15. The van der Waals surface area contributed by atoms with E-state index in [1.807, 2.05) is 12.1 Å². The summed E-state index contributed by atoms with van der Waals surface area (Å²) >= 11 is 1.05. The number of anilines is 2.